The van der Waals surface area contributed by atoms with E-state index in [4.69, 9.17) is 22.3 Å². The van der Waals surface area contributed by atoms with Gasteiger partial charge in [-0.1, -0.05) is 48.0 Å². The Morgan fingerprint density at radius 2 is 1.74 bits per heavy atom. The highest BCUT2D eigenvalue weighted by Gasteiger charge is 2.25. The molecule has 0 radical (unpaired) electrons. The zero-order chi connectivity index (χ0) is 26.8. The van der Waals surface area contributed by atoms with Crippen LogP contribution in [0.4, 0.5) is 11.6 Å². The van der Waals surface area contributed by atoms with Crippen molar-refractivity contribution >= 4 is 40.0 Å². The fourth-order valence-electron chi connectivity index (χ4n) is 5.23. The number of aromatic nitrogens is 4. The number of carbonyl (C=O) groups is 1. The maximum atomic E-state index is 12.7. The van der Waals surface area contributed by atoms with E-state index in [1.54, 1.807) is 18.3 Å². The number of carbonyl (C=O) groups excluding carboxylic acids is 1. The largest absolute Gasteiger partial charge is 0.397 e. The van der Waals surface area contributed by atoms with Crippen molar-refractivity contribution in [2.45, 2.75) is 37.8 Å². The van der Waals surface area contributed by atoms with Crippen LogP contribution < -0.4 is 16.4 Å². The van der Waals surface area contributed by atoms with E-state index < -0.39 is 0 Å². The van der Waals surface area contributed by atoms with Gasteiger partial charge in [0.2, 0.25) is 5.95 Å². The Kier molecular flexibility index (Phi) is 6.85. The van der Waals surface area contributed by atoms with E-state index in [0.29, 0.717) is 28.0 Å². The molecule has 2 aromatic carbocycles. The lowest BCUT2D eigenvalue weighted by Crippen LogP contribution is -2.42. The third-order valence-corrected chi connectivity index (χ3v) is 7.38. The first-order valence-corrected chi connectivity index (χ1v) is 13.4. The lowest BCUT2D eigenvalue weighted by Gasteiger charge is -2.30. The summed E-state index contributed by atoms with van der Waals surface area (Å²) in [4.78, 5) is 26.1. The van der Waals surface area contributed by atoms with Crippen LogP contribution in [0.1, 0.15) is 36.2 Å². The number of fused-ring (bicyclic) bond motifs is 1. The number of para-hydroxylation sites is 2. The summed E-state index contributed by atoms with van der Waals surface area (Å²) in [5.74, 6) is 0.323. The van der Waals surface area contributed by atoms with Crippen LogP contribution in [0, 0.1) is 0 Å². The average Bonchev–Trinajstić information content (AvgIpc) is 3.35. The minimum Gasteiger partial charge on any atom is -0.397 e. The second-order valence-electron chi connectivity index (χ2n) is 9.81. The Morgan fingerprint density at radius 1 is 0.949 bits per heavy atom. The minimum atomic E-state index is -0.194. The molecule has 1 aliphatic carbocycles. The number of amides is 1. The van der Waals surface area contributed by atoms with Crippen molar-refractivity contribution in [1.29, 1.82) is 0 Å². The molecule has 1 amide bonds. The van der Waals surface area contributed by atoms with E-state index in [2.05, 4.69) is 55.6 Å². The summed E-state index contributed by atoms with van der Waals surface area (Å²) in [6.45, 7) is 0. The number of rotatable bonds is 6. The third-order valence-electron chi connectivity index (χ3n) is 7.11. The van der Waals surface area contributed by atoms with Crippen LogP contribution in [0.25, 0.3) is 27.8 Å². The topological polar surface area (TPSA) is 111 Å². The van der Waals surface area contributed by atoms with Gasteiger partial charge in [-0.15, -0.1) is 0 Å². The molecule has 5 aromatic rings. The summed E-state index contributed by atoms with van der Waals surface area (Å²) in [5.41, 5.74) is 10.3. The maximum Gasteiger partial charge on any atom is 0.270 e. The van der Waals surface area contributed by atoms with E-state index in [0.717, 1.165) is 47.8 Å². The Hall–Kier alpha value is -4.43. The number of nitrogens with zero attached hydrogens (tertiary/aromatic N) is 4. The molecule has 0 aliphatic heterocycles. The van der Waals surface area contributed by atoms with Crippen molar-refractivity contribution in [3.63, 3.8) is 0 Å². The Balaban J connectivity index is 1.23. The Labute approximate surface area is 231 Å². The highest BCUT2D eigenvalue weighted by Crippen LogP contribution is 2.35. The lowest BCUT2D eigenvalue weighted by atomic mass is 9.91. The fraction of sp³-hybridized carbons (Fsp3) is 0.200. The van der Waals surface area contributed by atoms with Crippen LogP contribution in [-0.2, 0) is 0 Å². The Bertz CT molecular complexity index is 1620. The van der Waals surface area contributed by atoms with Gasteiger partial charge in [0.15, 0.2) is 0 Å². The molecule has 2 atom stereocenters. The standard InChI is InChI=1S/C30H28ClN7O/c31-25-17-34-30(36-21-8-6-7-20(15-21)35-29(39)26-14-13-19(32)16-33-26)37-28(25)24-18-38(22-9-2-1-3-10-22)27-12-5-4-11-23(24)27/h1-5,9-14,16-18,20-21H,6-8,15,32H2,(H,35,39)(H,34,36,37)/t20-,21+/m0/s1. The van der Waals surface area contributed by atoms with Crippen LogP contribution in [0.15, 0.2) is 85.3 Å². The molecular weight excluding hydrogens is 510 g/mol. The van der Waals surface area contributed by atoms with E-state index in [9.17, 15) is 4.79 Å². The predicted octanol–water partition coefficient (Wildman–Crippen LogP) is 5.87. The van der Waals surface area contributed by atoms with Crippen molar-refractivity contribution in [2.24, 2.45) is 0 Å². The smallest absolute Gasteiger partial charge is 0.270 e. The molecule has 1 aliphatic rings. The molecule has 3 heterocycles. The first-order chi connectivity index (χ1) is 19.0. The summed E-state index contributed by atoms with van der Waals surface area (Å²) in [7, 11) is 0. The number of nitrogens with two attached hydrogens (primary N) is 1. The van der Waals surface area contributed by atoms with Gasteiger partial charge in [-0.25, -0.2) is 15.0 Å². The predicted molar refractivity (Wildman–Crippen MR) is 155 cm³/mol. The highest BCUT2D eigenvalue weighted by molar-refractivity contribution is 6.33. The number of benzene rings is 2. The molecule has 1 fully saturated rings. The monoisotopic (exact) mass is 537 g/mol. The van der Waals surface area contributed by atoms with Crippen LogP contribution in [0.2, 0.25) is 5.02 Å². The van der Waals surface area contributed by atoms with Crippen LogP contribution in [-0.4, -0.2) is 37.5 Å². The zero-order valence-corrected chi connectivity index (χ0v) is 22.0. The minimum absolute atomic E-state index is 0.0266. The molecule has 0 saturated heterocycles. The molecule has 8 nitrogen and oxygen atoms in total. The number of nitrogen functional groups attached to an aromatic ring is 1. The van der Waals surface area contributed by atoms with Crippen molar-refractivity contribution in [2.75, 3.05) is 11.1 Å². The quantitative estimate of drug-likeness (QED) is 0.250. The number of pyridine rings is 1. The van der Waals surface area contributed by atoms with E-state index in [1.807, 2.05) is 30.3 Å². The summed E-state index contributed by atoms with van der Waals surface area (Å²) in [5, 5.41) is 8.14. The summed E-state index contributed by atoms with van der Waals surface area (Å²) in [6.07, 6.45) is 8.82. The second kappa shape index (κ2) is 10.7. The van der Waals surface area contributed by atoms with Gasteiger partial charge in [0, 0.05) is 34.9 Å². The first-order valence-electron chi connectivity index (χ1n) is 13.0. The van der Waals surface area contributed by atoms with Crippen molar-refractivity contribution in [3.8, 4) is 16.9 Å². The molecule has 4 N–H and O–H groups in total. The molecular formula is C30H28ClN7O. The molecule has 196 valence electrons. The van der Waals surface area contributed by atoms with Gasteiger partial charge in [-0.2, -0.15) is 0 Å². The highest BCUT2D eigenvalue weighted by atomic mass is 35.5. The van der Waals surface area contributed by atoms with Crippen LogP contribution in [0.5, 0.6) is 0 Å². The molecule has 3 aromatic heterocycles. The third kappa shape index (κ3) is 5.28. The SMILES string of the molecule is Nc1ccc(C(=O)N[C@H]2CCC[C@@H](Nc3ncc(Cl)c(-c4cn(-c5ccccc5)c5ccccc45)n3)C2)nc1. The van der Waals surface area contributed by atoms with E-state index >= 15 is 0 Å². The average molecular weight is 538 g/mol. The van der Waals surface area contributed by atoms with Gasteiger partial charge < -0.3 is 20.9 Å². The van der Waals surface area contributed by atoms with Gasteiger partial charge in [0.05, 0.1) is 34.3 Å². The van der Waals surface area contributed by atoms with Gasteiger partial charge >= 0.3 is 0 Å². The number of halogens is 1. The lowest BCUT2D eigenvalue weighted by molar-refractivity contribution is 0.0921. The summed E-state index contributed by atoms with van der Waals surface area (Å²) in [6, 6.07) is 21.9. The number of hydrogen-bond donors (Lipinski definition) is 3. The van der Waals surface area contributed by atoms with Gasteiger partial charge in [0.25, 0.3) is 5.91 Å². The van der Waals surface area contributed by atoms with Crippen LogP contribution >= 0.6 is 11.6 Å². The van der Waals surface area contributed by atoms with Gasteiger partial charge in [0.1, 0.15) is 5.69 Å². The van der Waals surface area contributed by atoms with E-state index in [-0.39, 0.29) is 18.0 Å². The first kappa shape index (κ1) is 24.9. The normalized spacial score (nSPS) is 17.2. The second-order valence-corrected chi connectivity index (χ2v) is 10.2. The molecule has 1 saturated carbocycles. The maximum absolute atomic E-state index is 12.7. The molecule has 6 rings (SSSR count). The van der Waals surface area contributed by atoms with Gasteiger partial charge in [-0.05, 0) is 56.0 Å². The van der Waals surface area contributed by atoms with Crippen molar-refractivity contribution in [1.82, 2.24) is 24.8 Å². The zero-order valence-electron chi connectivity index (χ0n) is 21.2. The summed E-state index contributed by atoms with van der Waals surface area (Å²) >= 11 is 6.65. The molecule has 9 heteroatoms. The summed E-state index contributed by atoms with van der Waals surface area (Å²) < 4.78 is 2.15. The fourth-order valence-corrected chi connectivity index (χ4v) is 5.42. The number of nitrogens with one attached hydrogen (secondary N) is 2. The Morgan fingerprint density at radius 3 is 2.56 bits per heavy atom. The van der Waals surface area contributed by atoms with Crippen molar-refractivity contribution < 1.29 is 4.79 Å². The number of anilines is 2. The molecule has 0 unspecified atom stereocenters. The van der Waals surface area contributed by atoms with Crippen molar-refractivity contribution in [3.05, 3.63) is 96.0 Å². The molecule has 0 bridgehead atoms. The molecule has 0 spiro atoms. The van der Waals surface area contributed by atoms with Crippen LogP contribution in [0.3, 0.4) is 0 Å². The van der Waals surface area contributed by atoms with E-state index in [1.165, 1.54) is 6.20 Å². The van der Waals surface area contributed by atoms with Gasteiger partial charge in [-0.3, -0.25) is 4.79 Å². The molecule has 39 heavy (non-hydrogen) atoms. The number of hydrogen-bond acceptors (Lipinski definition) is 6.